The molecule has 0 atom stereocenters. The predicted octanol–water partition coefficient (Wildman–Crippen LogP) is 3.45. The summed E-state index contributed by atoms with van der Waals surface area (Å²) in [7, 11) is 1.61. The molecule has 142 valence electrons. The van der Waals surface area contributed by atoms with Crippen molar-refractivity contribution in [3.8, 4) is 5.75 Å². The van der Waals surface area contributed by atoms with E-state index in [1.54, 1.807) is 19.2 Å². The van der Waals surface area contributed by atoms with Crippen LogP contribution in [0, 0.1) is 17.2 Å². The van der Waals surface area contributed by atoms with E-state index >= 15 is 0 Å². The van der Waals surface area contributed by atoms with Crippen LogP contribution >= 0.6 is 0 Å². The number of amides is 1. The Hall–Kier alpha value is -1.62. The van der Waals surface area contributed by atoms with Gasteiger partial charge >= 0.3 is 0 Å². The van der Waals surface area contributed by atoms with E-state index in [4.69, 9.17) is 4.74 Å². The normalized spacial score (nSPS) is 23.5. The number of benzene rings is 1. The third-order valence-electron chi connectivity index (χ3n) is 6.49. The zero-order valence-electron chi connectivity index (χ0n) is 15.7. The van der Waals surface area contributed by atoms with Crippen molar-refractivity contribution in [1.29, 1.82) is 0 Å². The van der Waals surface area contributed by atoms with Crippen LogP contribution in [0.15, 0.2) is 18.2 Å². The first-order chi connectivity index (χ1) is 12.6. The van der Waals surface area contributed by atoms with Gasteiger partial charge in [0.15, 0.2) is 0 Å². The molecule has 2 saturated heterocycles. The van der Waals surface area contributed by atoms with Gasteiger partial charge in [0.1, 0.15) is 11.6 Å². The topological polar surface area (TPSA) is 32.8 Å². The summed E-state index contributed by atoms with van der Waals surface area (Å²) in [6.07, 6.45) is 6.51. The summed E-state index contributed by atoms with van der Waals surface area (Å²) in [6, 6.07) is 4.95. The second-order valence-corrected chi connectivity index (χ2v) is 8.45. The Labute approximate surface area is 155 Å². The summed E-state index contributed by atoms with van der Waals surface area (Å²) >= 11 is 0. The van der Waals surface area contributed by atoms with Crippen molar-refractivity contribution >= 4 is 5.91 Å². The molecule has 0 N–H and O–H groups in total. The van der Waals surface area contributed by atoms with Crippen LogP contribution in [-0.4, -0.2) is 49.0 Å². The summed E-state index contributed by atoms with van der Waals surface area (Å²) in [5, 5.41) is 0. The standard InChI is InChI=1S/C21H29FN2O2/c1-26-18-4-5-19(22)17(12-18)14-23-10-8-21(9-11-23)7-6-20(25)24(15-21)13-16-2-3-16/h4-5,12,16H,2-3,6-11,13-15H2,1H3. The summed E-state index contributed by atoms with van der Waals surface area (Å²) in [6.45, 7) is 4.48. The molecule has 1 saturated carbocycles. The molecule has 5 heteroatoms. The minimum absolute atomic E-state index is 0.162. The molecule has 3 aliphatic rings. The largest absolute Gasteiger partial charge is 0.497 e. The van der Waals surface area contributed by atoms with Gasteiger partial charge in [-0.1, -0.05) is 0 Å². The summed E-state index contributed by atoms with van der Waals surface area (Å²) in [5.74, 6) is 1.65. The highest BCUT2D eigenvalue weighted by Crippen LogP contribution is 2.42. The second kappa shape index (κ2) is 7.18. The molecule has 4 nitrogen and oxygen atoms in total. The van der Waals surface area contributed by atoms with Gasteiger partial charge in [-0.05, 0) is 74.7 Å². The molecule has 0 bridgehead atoms. The Morgan fingerprint density at radius 1 is 1.23 bits per heavy atom. The highest BCUT2D eigenvalue weighted by molar-refractivity contribution is 5.77. The number of likely N-dealkylation sites (tertiary alicyclic amines) is 2. The van der Waals surface area contributed by atoms with E-state index < -0.39 is 0 Å². The van der Waals surface area contributed by atoms with Crippen LogP contribution in [0.1, 0.15) is 44.1 Å². The van der Waals surface area contributed by atoms with Crippen molar-refractivity contribution < 1.29 is 13.9 Å². The molecule has 1 aliphatic carbocycles. The van der Waals surface area contributed by atoms with Crippen molar-refractivity contribution in [1.82, 2.24) is 9.80 Å². The Morgan fingerprint density at radius 2 is 2.00 bits per heavy atom. The Balaban J connectivity index is 1.35. The van der Waals surface area contributed by atoms with Gasteiger partial charge < -0.3 is 9.64 Å². The number of ether oxygens (including phenoxy) is 1. The molecule has 4 rings (SSSR count). The van der Waals surface area contributed by atoms with E-state index in [1.165, 1.54) is 18.9 Å². The number of halogens is 1. The summed E-state index contributed by atoms with van der Waals surface area (Å²) in [4.78, 5) is 16.7. The summed E-state index contributed by atoms with van der Waals surface area (Å²) < 4.78 is 19.3. The Kier molecular flexibility index (Phi) is 4.91. The molecule has 1 aromatic carbocycles. The predicted molar refractivity (Wildman–Crippen MR) is 98.4 cm³/mol. The molecule has 0 unspecified atom stereocenters. The smallest absolute Gasteiger partial charge is 0.222 e. The second-order valence-electron chi connectivity index (χ2n) is 8.45. The van der Waals surface area contributed by atoms with Crippen molar-refractivity contribution in [3.05, 3.63) is 29.6 Å². The molecule has 2 aliphatic heterocycles. The SMILES string of the molecule is COc1ccc(F)c(CN2CCC3(CCC(=O)N(CC4CC4)C3)CC2)c1. The quantitative estimate of drug-likeness (QED) is 0.806. The molecular formula is C21H29FN2O2. The lowest BCUT2D eigenvalue weighted by Gasteiger charge is -2.47. The molecule has 26 heavy (non-hydrogen) atoms. The van der Waals surface area contributed by atoms with Crippen LogP contribution in [0.25, 0.3) is 0 Å². The number of rotatable bonds is 5. The van der Waals surface area contributed by atoms with Gasteiger partial charge in [0, 0.05) is 31.6 Å². The van der Waals surface area contributed by atoms with Gasteiger partial charge in [0.2, 0.25) is 5.91 Å². The number of carbonyl (C=O) groups is 1. The van der Waals surface area contributed by atoms with Gasteiger partial charge in [0.25, 0.3) is 0 Å². The van der Waals surface area contributed by atoms with Gasteiger partial charge in [-0.3, -0.25) is 9.69 Å². The third kappa shape index (κ3) is 3.88. The fourth-order valence-electron chi connectivity index (χ4n) is 4.51. The fourth-order valence-corrected chi connectivity index (χ4v) is 4.51. The average molecular weight is 360 g/mol. The van der Waals surface area contributed by atoms with Crippen LogP contribution in [0.2, 0.25) is 0 Å². The highest BCUT2D eigenvalue weighted by Gasteiger charge is 2.42. The number of piperidine rings is 2. The summed E-state index contributed by atoms with van der Waals surface area (Å²) in [5.41, 5.74) is 0.987. The molecule has 3 fully saturated rings. The first kappa shape index (κ1) is 17.8. The lowest BCUT2D eigenvalue weighted by Crippen LogP contribution is -2.51. The van der Waals surface area contributed by atoms with Crippen LogP contribution in [-0.2, 0) is 11.3 Å². The van der Waals surface area contributed by atoms with E-state index in [0.717, 1.165) is 51.4 Å². The van der Waals surface area contributed by atoms with Crippen LogP contribution < -0.4 is 4.74 Å². The third-order valence-corrected chi connectivity index (χ3v) is 6.49. The number of carbonyl (C=O) groups excluding carboxylic acids is 1. The number of hydrogen-bond acceptors (Lipinski definition) is 3. The number of methoxy groups -OCH3 is 1. The van der Waals surface area contributed by atoms with Crippen molar-refractivity contribution in [2.45, 2.75) is 45.1 Å². The molecule has 1 amide bonds. The van der Waals surface area contributed by atoms with Gasteiger partial charge in [0.05, 0.1) is 7.11 Å². The molecule has 0 aromatic heterocycles. The van der Waals surface area contributed by atoms with Crippen LogP contribution in [0.5, 0.6) is 5.75 Å². The monoisotopic (exact) mass is 360 g/mol. The first-order valence-electron chi connectivity index (χ1n) is 9.89. The molecule has 0 radical (unpaired) electrons. The number of nitrogens with zero attached hydrogens (tertiary/aromatic N) is 2. The Bertz CT molecular complexity index is 666. The molecular weight excluding hydrogens is 331 g/mol. The zero-order chi connectivity index (χ0) is 18.1. The maximum absolute atomic E-state index is 14.1. The molecule has 2 heterocycles. The van der Waals surface area contributed by atoms with E-state index in [1.807, 2.05) is 0 Å². The van der Waals surface area contributed by atoms with Crippen LogP contribution in [0.4, 0.5) is 4.39 Å². The maximum atomic E-state index is 14.1. The minimum Gasteiger partial charge on any atom is -0.497 e. The fraction of sp³-hybridized carbons (Fsp3) is 0.667. The van der Waals surface area contributed by atoms with Gasteiger partial charge in [-0.15, -0.1) is 0 Å². The van der Waals surface area contributed by atoms with E-state index in [2.05, 4.69) is 9.80 Å². The zero-order valence-corrected chi connectivity index (χ0v) is 15.7. The van der Waals surface area contributed by atoms with E-state index in [0.29, 0.717) is 30.2 Å². The highest BCUT2D eigenvalue weighted by atomic mass is 19.1. The van der Waals surface area contributed by atoms with Gasteiger partial charge in [-0.25, -0.2) is 4.39 Å². The molecule has 1 spiro atoms. The molecule has 1 aromatic rings. The lowest BCUT2D eigenvalue weighted by molar-refractivity contribution is -0.139. The van der Waals surface area contributed by atoms with E-state index in [-0.39, 0.29) is 11.2 Å². The lowest BCUT2D eigenvalue weighted by atomic mass is 9.72. The first-order valence-corrected chi connectivity index (χ1v) is 9.89. The van der Waals surface area contributed by atoms with Crippen molar-refractivity contribution in [2.24, 2.45) is 11.3 Å². The number of hydrogen-bond donors (Lipinski definition) is 0. The van der Waals surface area contributed by atoms with Crippen molar-refractivity contribution in [3.63, 3.8) is 0 Å². The van der Waals surface area contributed by atoms with Gasteiger partial charge in [-0.2, -0.15) is 0 Å². The maximum Gasteiger partial charge on any atom is 0.222 e. The average Bonchev–Trinajstić information content (AvgIpc) is 3.46. The van der Waals surface area contributed by atoms with Crippen LogP contribution in [0.3, 0.4) is 0 Å². The Morgan fingerprint density at radius 3 is 2.69 bits per heavy atom. The van der Waals surface area contributed by atoms with Crippen molar-refractivity contribution in [2.75, 3.05) is 33.3 Å². The van der Waals surface area contributed by atoms with E-state index in [9.17, 15) is 9.18 Å². The minimum atomic E-state index is -0.162.